The predicted octanol–water partition coefficient (Wildman–Crippen LogP) is 1.31. The second kappa shape index (κ2) is 6.95. The maximum Gasteiger partial charge on any atom is 0.420 e. The zero-order chi connectivity index (χ0) is 20.7. The van der Waals surface area contributed by atoms with Gasteiger partial charge in [-0.25, -0.2) is 4.79 Å². The Labute approximate surface area is 167 Å². The average molecular weight is 405 g/mol. The second-order valence-electron chi connectivity index (χ2n) is 6.58. The van der Waals surface area contributed by atoms with Gasteiger partial charge in [0, 0.05) is 6.20 Å². The standard InChI is InChI=1S/C19H15N7O4/c1-11-21-18(30-24-11)12-5-4-8-25-15(22-23-17(12)25)9-20-16(27)10-26-13-6-2-3-7-14(13)29-19(26)28/h2-8H,9-10H2,1H3,(H,20,27). The van der Waals surface area contributed by atoms with Crippen LogP contribution in [-0.2, 0) is 17.9 Å². The van der Waals surface area contributed by atoms with Gasteiger partial charge in [0.05, 0.1) is 17.6 Å². The molecule has 0 radical (unpaired) electrons. The van der Waals surface area contributed by atoms with Gasteiger partial charge in [0.2, 0.25) is 5.91 Å². The first-order valence-corrected chi connectivity index (χ1v) is 9.08. The summed E-state index contributed by atoms with van der Waals surface area (Å²) in [4.78, 5) is 28.7. The van der Waals surface area contributed by atoms with Crippen LogP contribution in [0.1, 0.15) is 11.6 Å². The van der Waals surface area contributed by atoms with Gasteiger partial charge in [-0.2, -0.15) is 4.98 Å². The van der Waals surface area contributed by atoms with Crippen LogP contribution < -0.4 is 11.1 Å². The zero-order valence-electron chi connectivity index (χ0n) is 15.8. The summed E-state index contributed by atoms with van der Waals surface area (Å²) in [5.41, 5.74) is 2.16. The van der Waals surface area contributed by atoms with E-state index in [9.17, 15) is 9.59 Å². The summed E-state index contributed by atoms with van der Waals surface area (Å²) in [5.74, 6) is 0.428. The lowest BCUT2D eigenvalue weighted by atomic mass is 10.2. The highest BCUT2D eigenvalue weighted by Crippen LogP contribution is 2.22. The summed E-state index contributed by atoms with van der Waals surface area (Å²) >= 11 is 0. The van der Waals surface area contributed by atoms with Crippen LogP contribution in [-0.4, -0.2) is 35.2 Å². The fourth-order valence-electron chi connectivity index (χ4n) is 3.20. The van der Waals surface area contributed by atoms with Crippen molar-refractivity contribution in [1.82, 2.24) is 34.6 Å². The number of rotatable bonds is 5. The number of fused-ring (bicyclic) bond motifs is 2. The Morgan fingerprint density at radius 3 is 2.87 bits per heavy atom. The number of oxazole rings is 1. The van der Waals surface area contributed by atoms with Crippen LogP contribution in [0.3, 0.4) is 0 Å². The summed E-state index contributed by atoms with van der Waals surface area (Å²) in [5, 5.41) is 14.9. The number of para-hydroxylation sites is 2. The van der Waals surface area contributed by atoms with Crippen molar-refractivity contribution in [3.63, 3.8) is 0 Å². The number of carbonyl (C=O) groups excluding carboxylic acids is 1. The van der Waals surface area contributed by atoms with Crippen molar-refractivity contribution in [3.05, 3.63) is 64.8 Å². The number of amides is 1. The summed E-state index contributed by atoms with van der Waals surface area (Å²) in [7, 11) is 0. The Morgan fingerprint density at radius 1 is 1.17 bits per heavy atom. The number of carbonyl (C=O) groups is 1. The van der Waals surface area contributed by atoms with Gasteiger partial charge in [-0.15, -0.1) is 10.2 Å². The Bertz CT molecular complexity index is 1440. The number of pyridine rings is 1. The molecule has 0 unspecified atom stereocenters. The van der Waals surface area contributed by atoms with Gasteiger partial charge < -0.3 is 14.3 Å². The first kappa shape index (κ1) is 17.8. The molecule has 1 aromatic carbocycles. The molecule has 0 bridgehead atoms. The first-order valence-electron chi connectivity index (χ1n) is 9.08. The number of hydrogen-bond donors (Lipinski definition) is 1. The quantitative estimate of drug-likeness (QED) is 0.463. The second-order valence-corrected chi connectivity index (χ2v) is 6.58. The molecule has 11 nitrogen and oxygen atoms in total. The molecule has 5 aromatic rings. The lowest BCUT2D eigenvalue weighted by molar-refractivity contribution is -0.121. The van der Waals surface area contributed by atoms with Crippen LogP contribution in [0.25, 0.3) is 28.2 Å². The number of aryl methyl sites for hydroxylation is 1. The minimum atomic E-state index is -0.584. The highest BCUT2D eigenvalue weighted by Gasteiger charge is 2.16. The SMILES string of the molecule is Cc1noc(-c2cccn3c(CNC(=O)Cn4c(=O)oc5ccccc54)nnc23)n1. The van der Waals surface area contributed by atoms with Crippen LogP contribution in [0.15, 0.2) is 56.3 Å². The molecule has 11 heteroatoms. The number of hydrogen-bond acceptors (Lipinski definition) is 8. The molecule has 4 heterocycles. The van der Waals surface area contributed by atoms with Gasteiger partial charge in [-0.05, 0) is 31.2 Å². The molecule has 1 N–H and O–H groups in total. The minimum absolute atomic E-state index is 0.122. The van der Waals surface area contributed by atoms with Crippen molar-refractivity contribution in [1.29, 1.82) is 0 Å². The molecular formula is C19H15N7O4. The van der Waals surface area contributed by atoms with Crippen LogP contribution >= 0.6 is 0 Å². The third-order valence-electron chi connectivity index (χ3n) is 4.58. The molecule has 0 fully saturated rings. The monoisotopic (exact) mass is 405 g/mol. The lowest BCUT2D eigenvalue weighted by Crippen LogP contribution is -2.31. The fourth-order valence-corrected chi connectivity index (χ4v) is 3.20. The predicted molar refractivity (Wildman–Crippen MR) is 103 cm³/mol. The van der Waals surface area contributed by atoms with Crippen molar-refractivity contribution in [2.75, 3.05) is 0 Å². The highest BCUT2D eigenvalue weighted by molar-refractivity contribution is 5.79. The normalized spacial score (nSPS) is 11.4. The molecule has 0 spiro atoms. The molecule has 0 aliphatic carbocycles. The number of benzene rings is 1. The van der Waals surface area contributed by atoms with E-state index >= 15 is 0 Å². The third-order valence-corrected chi connectivity index (χ3v) is 4.58. The maximum atomic E-state index is 12.4. The van der Waals surface area contributed by atoms with Crippen molar-refractivity contribution in [2.24, 2.45) is 0 Å². The molecule has 0 aliphatic heterocycles. The van der Waals surface area contributed by atoms with Gasteiger partial charge in [-0.3, -0.25) is 13.8 Å². The van der Waals surface area contributed by atoms with E-state index in [2.05, 4.69) is 25.7 Å². The van der Waals surface area contributed by atoms with Crippen molar-refractivity contribution in [3.8, 4) is 11.5 Å². The number of aromatic nitrogens is 6. The Kier molecular flexibility index (Phi) is 4.12. The summed E-state index contributed by atoms with van der Waals surface area (Å²) in [6.45, 7) is 1.68. The van der Waals surface area contributed by atoms with Crippen molar-refractivity contribution in [2.45, 2.75) is 20.0 Å². The third kappa shape index (κ3) is 3.02. The lowest BCUT2D eigenvalue weighted by Gasteiger charge is -2.05. The molecule has 0 aliphatic rings. The van der Waals surface area contributed by atoms with Crippen molar-refractivity contribution < 1.29 is 13.7 Å². The summed E-state index contributed by atoms with van der Waals surface area (Å²) in [6.07, 6.45) is 1.78. The Hall–Kier alpha value is -4.28. The Morgan fingerprint density at radius 2 is 2.03 bits per heavy atom. The van der Waals surface area contributed by atoms with E-state index in [4.69, 9.17) is 8.94 Å². The van der Waals surface area contributed by atoms with Crippen molar-refractivity contribution >= 4 is 22.7 Å². The fraction of sp³-hybridized carbons (Fsp3) is 0.158. The van der Waals surface area contributed by atoms with Crippen LogP contribution in [0.4, 0.5) is 0 Å². The molecule has 0 atom stereocenters. The van der Waals surface area contributed by atoms with E-state index in [1.807, 2.05) is 0 Å². The number of nitrogens with zero attached hydrogens (tertiary/aromatic N) is 6. The minimum Gasteiger partial charge on any atom is -0.408 e. The Balaban J connectivity index is 1.36. The summed E-state index contributed by atoms with van der Waals surface area (Å²) < 4.78 is 13.4. The molecule has 4 aromatic heterocycles. The molecular weight excluding hydrogens is 390 g/mol. The van der Waals surface area contributed by atoms with Gasteiger partial charge in [0.1, 0.15) is 6.54 Å². The van der Waals surface area contributed by atoms with E-state index in [-0.39, 0.29) is 19.0 Å². The molecule has 0 saturated heterocycles. The smallest absolute Gasteiger partial charge is 0.408 e. The van der Waals surface area contributed by atoms with Crippen LogP contribution in [0.2, 0.25) is 0 Å². The van der Waals surface area contributed by atoms with E-state index < -0.39 is 5.76 Å². The molecule has 30 heavy (non-hydrogen) atoms. The van der Waals surface area contributed by atoms with E-state index in [1.54, 1.807) is 53.9 Å². The zero-order valence-corrected chi connectivity index (χ0v) is 15.8. The van der Waals surface area contributed by atoms with E-state index in [1.165, 1.54) is 4.57 Å². The van der Waals surface area contributed by atoms with Crippen LogP contribution in [0.5, 0.6) is 0 Å². The molecule has 1 amide bonds. The van der Waals surface area contributed by atoms with E-state index in [0.29, 0.717) is 39.8 Å². The maximum absolute atomic E-state index is 12.4. The first-order chi connectivity index (χ1) is 14.6. The topological polar surface area (TPSA) is 133 Å². The van der Waals surface area contributed by atoms with E-state index in [0.717, 1.165) is 0 Å². The molecule has 150 valence electrons. The van der Waals surface area contributed by atoms with Gasteiger partial charge in [-0.1, -0.05) is 17.3 Å². The van der Waals surface area contributed by atoms with Gasteiger partial charge >= 0.3 is 5.76 Å². The van der Waals surface area contributed by atoms with Gasteiger partial charge in [0.15, 0.2) is 22.9 Å². The van der Waals surface area contributed by atoms with Gasteiger partial charge in [0.25, 0.3) is 5.89 Å². The van der Waals surface area contributed by atoms with Crippen LogP contribution in [0, 0.1) is 6.92 Å². The average Bonchev–Trinajstić information content (AvgIpc) is 3.44. The molecule has 5 rings (SSSR count). The summed E-state index contributed by atoms with van der Waals surface area (Å²) in [6, 6.07) is 10.5. The molecule has 0 saturated carbocycles. The number of nitrogens with one attached hydrogen (secondary N) is 1. The highest BCUT2D eigenvalue weighted by atomic mass is 16.5. The largest absolute Gasteiger partial charge is 0.420 e.